The summed E-state index contributed by atoms with van der Waals surface area (Å²) in [4.78, 5) is 21.9. The van der Waals surface area contributed by atoms with Gasteiger partial charge in [0.2, 0.25) is 0 Å². The second-order valence-electron chi connectivity index (χ2n) is 6.40. The van der Waals surface area contributed by atoms with Crippen molar-refractivity contribution in [2.45, 2.75) is 6.18 Å². The molecule has 0 saturated heterocycles. The lowest BCUT2D eigenvalue weighted by Crippen LogP contribution is -2.32. The smallest absolute Gasteiger partial charge is 0.416 e. The first-order valence-corrected chi connectivity index (χ1v) is 9.11. The molecule has 0 radical (unpaired) electrons. The van der Waals surface area contributed by atoms with E-state index in [1.807, 2.05) is 36.4 Å². The molecular formula is C21H17F3N2O5. The molecule has 0 unspecified atom stereocenters. The first kappa shape index (κ1) is 21.9. The average Bonchev–Trinajstić information content (AvgIpc) is 2.74. The number of nitrogens with one attached hydrogen (secondary N) is 1. The molecule has 31 heavy (non-hydrogen) atoms. The van der Waals surface area contributed by atoms with Gasteiger partial charge in [-0.3, -0.25) is 14.9 Å². The van der Waals surface area contributed by atoms with Crippen LogP contribution in [0.25, 0.3) is 10.8 Å². The van der Waals surface area contributed by atoms with Crippen LogP contribution < -0.4 is 14.8 Å². The minimum absolute atomic E-state index is 0.139. The predicted molar refractivity (Wildman–Crippen MR) is 106 cm³/mol. The number of hydrogen-bond acceptors (Lipinski definition) is 5. The third-order valence-electron chi connectivity index (χ3n) is 4.27. The molecule has 0 aliphatic rings. The van der Waals surface area contributed by atoms with E-state index in [4.69, 9.17) is 9.47 Å². The number of hydrogen-bond donors (Lipinski definition) is 1. The Kier molecular flexibility index (Phi) is 6.58. The topological polar surface area (TPSA) is 90.7 Å². The first-order chi connectivity index (χ1) is 14.8. The Morgan fingerprint density at radius 3 is 2.48 bits per heavy atom. The van der Waals surface area contributed by atoms with Gasteiger partial charge >= 0.3 is 11.9 Å². The molecule has 0 aliphatic heterocycles. The molecule has 0 fully saturated rings. The maximum atomic E-state index is 12.7. The van der Waals surface area contributed by atoms with Gasteiger partial charge in [-0.1, -0.05) is 36.4 Å². The molecule has 1 N–H and O–H groups in total. The number of amides is 1. The minimum atomic E-state index is -4.73. The van der Waals surface area contributed by atoms with E-state index in [9.17, 15) is 28.1 Å². The maximum absolute atomic E-state index is 12.7. The molecule has 0 spiro atoms. The molecule has 0 bridgehead atoms. The van der Waals surface area contributed by atoms with Gasteiger partial charge in [-0.05, 0) is 23.6 Å². The molecule has 3 aromatic rings. The molecule has 0 atom stereocenters. The summed E-state index contributed by atoms with van der Waals surface area (Å²) >= 11 is 0. The van der Waals surface area contributed by atoms with Gasteiger partial charge in [0, 0.05) is 11.5 Å². The molecule has 1 amide bonds. The zero-order valence-electron chi connectivity index (χ0n) is 16.0. The van der Waals surface area contributed by atoms with Crippen molar-refractivity contribution in [3.8, 4) is 11.5 Å². The van der Waals surface area contributed by atoms with E-state index in [0.717, 1.165) is 16.8 Å². The summed E-state index contributed by atoms with van der Waals surface area (Å²) in [5.41, 5.74) is -2.05. The number of nitrogens with zero attached hydrogens (tertiary/aromatic N) is 1. The summed E-state index contributed by atoms with van der Waals surface area (Å²) in [7, 11) is 0. The van der Waals surface area contributed by atoms with Crippen LogP contribution in [0.1, 0.15) is 5.56 Å². The summed E-state index contributed by atoms with van der Waals surface area (Å²) in [6.45, 7) is -0.291. The molecule has 10 heteroatoms. The van der Waals surface area contributed by atoms with Gasteiger partial charge in [-0.15, -0.1) is 0 Å². The molecule has 0 saturated carbocycles. The molecule has 7 nitrogen and oxygen atoms in total. The Morgan fingerprint density at radius 2 is 1.74 bits per heavy atom. The van der Waals surface area contributed by atoms with E-state index < -0.39 is 40.6 Å². The largest absolute Gasteiger partial charge is 0.491 e. The first-order valence-electron chi connectivity index (χ1n) is 9.11. The lowest BCUT2D eigenvalue weighted by Gasteiger charge is -2.11. The molecule has 3 aromatic carbocycles. The van der Waals surface area contributed by atoms with Crippen LogP contribution >= 0.6 is 0 Å². The van der Waals surface area contributed by atoms with Crippen LogP contribution in [-0.4, -0.2) is 30.6 Å². The van der Waals surface area contributed by atoms with E-state index in [0.29, 0.717) is 17.9 Å². The van der Waals surface area contributed by atoms with Crippen molar-refractivity contribution in [2.75, 3.05) is 19.8 Å². The van der Waals surface area contributed by atoms with Crippen molar-refractivity contribution in [3.63, 3.8) is 0 Å². The number of rotatable bonds is 8. The van der Waals surface area contributed by atoms with Gasteiger partial charge < -0.3 is 14.8 Å². The highest BCUT2D eigenvalue weighted by Gasteiger charge is 2.33. The standard InChI is InChI=1S/C21H17F3N2O5/c22-21(23,24)15-8-9-19(17(12-15)26(28)29)31-13-20(27)25-10-11-30-18-7-3-5-14-4-1-2-6-16(14)18/h1-9,12H,10-11,13H2,(H,25,27). The van der Waals surface area contributed by atoms with Crippen LogP contribution in [-0.2, 0) is 11.0 Å². The normalized spacial score (nSPS) is 11.2. The summed E-state index contributed by atoms with van der Waals surface area (Å²) in [5.74, 6) is -0.375. The Labute approximate surface area is 174 Å². The van der Waals surface area contributed by atoms with Gasteiger partial charge in [-0.2, -0.15) is 13.2 Å². The summed E-state index contributed by atoms with van der Waals surface area (Å²) in [6, 6.07) is 15.1. The Balaban J connectivity index is 1.51. The molecule has 3 rings (SSSR count). The van der Waals surface area contributed by atoms with Crippen LogP contribution in [0.4, 0.5) is 18.9 Å². The van der Waals surface area contributed by atoms with Crippen molar-refractivity contribution in [2.24, 2.45) is 0 Å². The SMILES string of the molecule is O=C(COc1ccc(C(F)(F)F)cc1[N+](=O)[O-])NCCOc1cccc2ccccc12. The van der Waals surface area contributed by atoms with Crippen molar-refractivity contribution >= 4 is 22.4 Å². The van der Waals surface area contributed by atoms with Gasteiger partial charge in [0.05, 0.1) is 17.0 Å². The zero-order valence-corrected chi connectivity index (χ0v) is 16.0. The lowest BCUT2D eigenvalue weighted by atomic mass is 10.1. The highest BCUT2D eigenvalue weighted by atomic mass is 19.4. The van der Waals surface area contributed by atoms with E-state index in [1.54, 1.807) is 6.07 Å². The fourth-order valence-corrected chi connectivity index (χ4v) is 2.83. The van der Waals surface area contributed by atoms with Gasteiger partial charge in [0.15, 0.2) is 12.4 Å². The second kappa shape index (κ2) is 9.33. The number of nitro benzene ring substituents is 1. The molecular weight excluding hydrogens is 417 g/mol. The average molecular weight is 434 g/mol. The number of carbonyl (C=O) groups is 1. The number of ether oxygens (including phenoxy) is 2. The summed E-state index contributed by atoms with van der Waals surface area (Å²) in [6.07, 6.45) is -4.73. The monoisotopic (exact) mass is 434 g/mol. The number of carbonyl (C=O) groups excluding carboxylic acids is 1. The third-order valence-corrected chi connectivity index (χ3v) is 4.27. The Hall–Kier alpha value is -3.82. The Bertz CT molecular complexity index is 1100. The van der Waals surface area contributed by atoms with Crippen molar-refractivity contribution < 1.29 is 32.4 Å². The highest BCUT2D eigenvalue weighted by molar-refractivity contribution is 5.88. The quantitative estimate of drug-likeness (QED) is 0.324. The number of fused-ring (bicyclic) bond motifs is 1. The molecule has 0 heterocycles. The minimum Gasteiger partial charge on any atom is -0.491 e. The van der Waals surface area contributed by atoms with E-state index in [-0.39, 0.29) is 13.2 Å². The van der Waals surface area contributed by atoms with Crippen LogP contribution in [0.15, 0.2) is 60.7 Å². The number of alkyl halides is 3. The molecule has 162 valence electrons. The van der Waals surface area contributed by atoms with Crippen molar-refractivity contribution in [1.29, 1.82) is 0 Å². The summed E-state index contributed by atoms with van der Waals surface area (Å²) < 4.78 is 48.9. The van der Waals surface area contributed by atoms with Crippen LogP contribution in [0.3, 0.4) is 0 Å². The number of nitro groups is 1. The van der Waals surface area contributed by atoms with Crippen molar-refractivity contribution in [1.82, 2.24) is 5.32 Å². The van der Waals surface area contributed by atoms with Gasteiger partial charge in [0.25, 0.3) is 5.91 Å². The molecule has 0 aromatic heterocycles. The van der Waals surface area contributed by atoms with Crippen molar-refractivity contribution in [3.05, 3.63) is 76.3 Å². The number of benzene rings is 3. The van der Waals surface area contributed by atoms with Crippen LogP contribution in [0.5, 0.6) is 11.5 Å². The Morgan fingerprint density at radius 1 is 1.00 bits per heavy atom. The number of halogens is 3. The maximum Gasteiger partial charge on any atom is 0.416 e. The fraction of sp³-hybridized carbons (Fsp3) is 0.190. The van der Waals surface area contributed by atoms with E-state index in [2.05, 4.69) is 5.32 Å². The zero-order chi connectivity index (χ0) is 22.4. The second-order valence-corrected chi connectivity index (χ2v) is 6.40. The van der Waals surface area contributed by atoms with E-state index in [1.165, 1.54) is 0 Å². The van der Waals surface area contributed by atoms with E-state index >= 15 is 0 Å². The van der Waals surface area contributed by atoms with Gasteiger partial charge in [0.1, 0.15) is 12.4 Å². The fourth-order valence-electron chi connectivity index (χ4n) is 2.83. The molecule has 0 aliphatic carbocycles. The van der Waals surface area contributed by atoms with Crippen LogP contribution in [0.2, 0.25) is 0 Å². The lowest BCUT2D eigenvalue weighted by molar-refractivity contribution is -0.386. The summed E-state index contributed by atoms with van der Waals surface area (Å²) in [5, 5.41) is 15.5. The predicted octanol–water partition coefficient (Wildman–Crippen LogP) is 4.34. The highest BCUT2D eigenvalue weighted by Crippen LogP contribution is 2.36. The third kappa shape index (κ3) is 5.62. The van der Waals surface area contributed by atoms with Gasteiger partial charge in [-0.25, -0.2) is 0 Å². The van der Waals surface area contributed by atoms with Crippen LogP contribution in [0, 0.1) is 10.1 Å².